The van der Waals surface area contributed by atoms with Crippen molar-refractivity contribution < 1.29 is 16.4 Å². The number of aryl methyl sites for hydroxylation is 1. The van der Waals surface area contributed by atoms with E-state index in [0.29, 0.717) is 38.9 Å². The van der Waals surface area contributed by atoms with Crippen molar-refractivity contribution in [3.63, 3.8) is 0 Å². The highest BCUT2D eigenvalue weighted by Gasteiger charge is 2.46. The number of aromatic nitrogens is 4. The summed E-state index contributed by atoms with van der Waals surface area (Å²) in [5.41, 5.74) is 24.9. The molecule has 20 aromatic rings. The van der Waals surface area contributed by atoms with Crippen LogP contribution in [0.25, 0.3) is 150 Å². The first-order valence-electron chi connectivity index (χ1n) is 48.0. The summed E-state index contributed by atoms with van der Waals surface area (Å²) in [6.45, 7) is 19.6. The Balaban J connectivity index is 0.916. The minimum Gasteiger partial charge on any atom is -0.311 e. The van der Waals surface area contributed by atoms with Crippen LogP contribution in [0.2, 0.25) is 0 Å². The molecular formula is C114H91BN6. The van der Waals surface area contributed by atoms with E-state index in [9.17, 15) is 16.4 Å². The molecule has 0 N–H and O–H groups in total. The number of para-hydroxylation sites is 4. The van der Waals surface area contributed by atoms with Crippen molar-refractivity contribution >= 4 is 140 Å². The zero-order valence-electron chi connectivity index (χ0n) is 80.8. The van der Waals surface area contributed by atoms with Gasteiger partial charge in [-0.1, -0.05) is 287 Å². The zero-order chi connectivity index (χ0) is 91.9. The molecule has 580 valence electrons. The van der Waals surface area contributed by atoms with E-state index >= 15 is 0 Å². The predicted octanol–water partition coefficient (Wildman–Crippen LogP) is 28.5. The van der Waals surface area contributed by atoms with Gasteiger partial charge in [0.2, 0.25) is 0 Å². The van der Waals surface area contributed by atoms with E-state index < -0.39 is 55.1 Å². The first kappa shape index (κ1) is 60.4. The van der Waals surface area contributed by atoms with Gasteiger partial charge in [0.25, 0.3) is 6.71 Å². The van der Waals surface area contributed by atoms with Gasteiger partial charge in [-0.2, -0.15) is 0 Å². The van der Waals surface area contributed by atoms with Crippen molar-refractivity contribution in [2.75, 3.05) is 9.80 Å². The van der Waals surface area contributed by atoms with Gasteiger partial charge in [0, 0.05) is 103 Å². The Hall–Kier alpha value is -14.1. The smallest absolute Gasteiger partial charge is 0.252 e. The summed E-state index contributed by atoms with van der Waals surface area (Å²) in [5.74, 6) is 0. The number of allylic oxidation sites excluding steroid dienone is 1. The Kier molecular flexibility index (Phi) is 13.6. The molecule has 7 heteroatoms. The Bertz CT molecular complexity index is 8200. The van der Waals surface area contributed by atoms with Gasteiger partial charge in [-0.15, -0.1) is 0 Å². The van der Waals surface area contributed by atoms with E-state index in [1.54, 1.807) is 4.57 Å². The van der Waals surface area contributed by atoms with Crippen LogP contribution in [-0.2, 0) is 22.6 Å². The van der Waals surface area contributed by atoms with Gasteiger partial charge in [-0.05, 0) is 241 Å². The lowest BCUT2D eigenvalue weighted by Crippen LogP contribution is -2.61. The summed E-state index contributed by atoms with van der Waals surface area (Å²) in [6, 6.07) is 104. The molecule has 4 aromatic heterocycles. The number of hydrogen-bond acceptors (Lipinski definition) is 2. The SMILES string of the molecule is [2H]C1=C([2H])C([2H])C([2H])c2c1n(-c1ccc3c(c1)N(c1c(-c4ccccc4)cc(C(C)(C)C)cc1-c1ccccc1)c1cc(-n4c5ccc(C(C)(C)C)cc5c5cc(C(C)(C)C)ccc54)cc4c1B3c1ccc(-n3c5ccc(-n6c7ccccc7c7ccccc76)cc5c5c([2H])c([2H])c([2H])c([2H])c53)cc1N4c1cc(-c3ccccc3)cc(-c3ccccc3)c1)c1c([2H])c([2H])c([2H])c([2H])c21. The Morgan fingerprint density at radius 2 is 0.711 bits per heavy atom. The van der Waals surface area contributed by atoms with Crippen LogP contribution in [0.15, 0.2) is 358 Å². The van der Waals surface area contributed by atoms with Crippen molar-refractivity contribution in [2.24, 2.45) is 0 Å². The fourth-order valence-electron chi connectivity index (χ4n) is 19.5. The topological polar surface area (TPSA) is 26.2 Å². The van der Waals surface area contributed by atoms with Crippen LogP contribution < -0.4 is 26.2 Å². The third kappa shape index (κ3) is 11.4. The molecule has 2 unspecified atom stereocenters. The summed E-state index contributed by atoms with van der Waals surface area (Å²) in [4.78, 5) is 4.86. The Morgan fingerprint density at radius 1 is 0.298 bits per heavy atom. The van der Waals surface area contributed by atoms with Crippen molar-refractivity contribution in [1.29, 1.82) is 0 Å². The molecular weight excluding hydrogens is 1460 g/mol. The van der Waals surface area contributed by atoms with Crippen LogP contribution in [0, 0.1) is 0 Å². The van der Waals surface area contributed by atoms with E-state index in [1.807, 2.05) is 47.0 Å². The average molecular weight is 1570 g/mol. The van der Waals surface area contributed by atoms with Crippen LogP contribution in [-0.4, -0.2) is 25.0 Å². The van der Waals surface area contributed by atoms with Crippen molar-refractivity contribution in [3.05, 3.63) is 386 Å². The molecule has 0 radical (unpaired) electrons. The number of hydrogen-bond donors (Lipinski definition) is 0. The van der Waals surface area contributed by atoms with Crippen LogP contribution in [0.5, 0.6) is 0 Å². The van der Waals surface area contributed by atoms with Gasteiger partial charge in [-0.25, -0.2) is 0 Å². The normalized spacial score (nSPS) is 16.1. The maximum atomic E-state index is 10.3. The van der Waals surface area contributed by atoms with Crippen molar-refractivity contribution in [1.82, 2.24) is 18.3 Å². The molecule has 2 atom stereocenters. The van der Waals surface area contributed by atoms with E-state index in [1.165, 1.54) is 11.1 Å². The molecule has 0 saturated heterocycles. The molecule has 16 aromatic carbocycles. The summed E-state index contributed by atoms with van der Waals surface area (Å²) >= 11 is 0. The predicted molar refractivity (Wildman–Crippen MR) is 516 cm³/mol. The van der Waals surface area contributed by atoms with Gasteiger partial charge in [0.1, 0.15) is 0 Å². The van der Waals surface area contributed by atoms with E-state index in [0.717, 1.165) is 150 Å². The fourth-order valence-corrected chi connectivity index (χ4v) is 19.5. The first-order chi connectivity index (χ1) is 63.9. The van der Waals surface area contributed by atoms with E-state index in [-0.39, 0.29) is 63.2 Å². The molecule has 6 nitrogen and oxygen atoms in total. The molecule has 0 amide bonds. The van der Waals surface area contributed by atoms with Gasteiger partial charge in [0.05, 0.1) is 63.7 Å². The maximum absolute atomic E-state index is 10.3. The molecule has 23 rings (SSSR count). The largest absolute Gasteiger partial charge is 0.311 e. The summed E-state index contributed by atoms with van der Waals surface area (Å²) in [5, 5.41) is 5.31. The highest BCUT2D eigenvalue weighted by molar-refractivity contribution is 7.00. The quantitative estimate of drug-likeness (QED) is 0.128. The molecule has 0 spiro atoms. The minimum atomic E-state index is -1.54. The second-order valence-electron chi connectivity index (χ2n) is 35.7. The molecule has 3 aliphatic rings. The summed E-state index contributed by atoms with van der Waals surface area (Å²) in [6.07, 6.45) is -3.05. The molecule has 6 heterocycles. The molecule has 0 bridgehead atoms. The first-order valence-corrected chi connectivity index (χ1v) is 41.8. The monoisotopic (exact) mass is 1570 g/mol. The van der Waals surface area contributed by atoms with E-state index in [4.69, 9.17) is 0 Å². The zero-order valence-corrected chi connectivity index (χ0v) is 68.8. The molecule has 121 heavy (non-hydrogen) atoms. The van der Waals surface area contributed by atoms with Crippen LogP contribution in [0.4, 0.5) is 34.1 Å². The summed E-state index contributed by atoms with van der Waals surface area (Å²) < 4.78 is 125. The average Bonchev–Trinajstić information content (AvgIpc) is 1.54. The van der Waals surface area contributed by atoms with E-state index in [2.05, 4.69) is 342 Å². The van der Waals surface area contributed by atoms with Crippen LogP contribution in [0.3, 0.4) is 0 Å². The lowest BCUT2D eigenvalue weighted by Gasteiger charge is -2.45. The summed E-state index contributed by atoms with van der Waals surface area (Å²) in [7, 11) is 0. The highest BCUT2D eigenvalue weighted by atomic mass is 15.2. The van der Waals surface area contributed by atoms with Crippen LogP contribution in [0.1, 0.15) is 113 Å². The van der Waals surface area contributed by atoms with Gasteiger partial charge >= 0.3 is 0 Å². The van der Waals surface area contributed by atoms with Gasteiger partial charge < -0.3 is 28.1 Å². The molecule has 0 saturated carbocycles. The highest BCUT2D eigenvalue weighted by Crippen LogP contribution is 2.55. The van der Waals surface area contributed by atoms with Gasteiger partial charge in [-0.3, -0.25) is 0 Å². The number of anilines is 6. The third-order valence-corrected chi connectivity index (χ3v) is 25.4. The van der Waals surface area contributed by atoms with Gasteiger partial charge in [0.15, 0.2) is 0 Å². The number of benzene rings is 16. The second-order valence-corrected chi connectivity index (χ2v) is 35.7. The Morgan fingerprint density at radius 3 is 1.26 bits per heavy atom. The van der Waals surface area contributed by atoms with Crippen molar-refractivity contribution in [2.45, 2.75) is 91.4 Å². The third-order valence-electron chi connectivity index (χ3n) is 25.4. The van der Waals surface area contributed by atoms with Crippen molar-refractivity contribution in [3.8, 4) is 67.3 Å². The standard InChI is InChI=1S/C114H91BN6/c1-112(2,3)78-50-57-103-93(63-78)94-64-79(113(4,5)6)51-58-104(94)119(103)85-70-108-110-109(71-85)121(111-91(74-36-18-12-19-37-74)65-80(114(7,8)9)66-92(111)75-38-20-13-21-39-75)107-69-83(117-100-47-29-24-42-88(100)89-43-25-30-48-101(89)117)53-56-97(107)115(110)96-55-52-82(68-106(96)120(108)84-61-76(72-32-14-10-15-33-72)60-77(62-84)73-34-16-11-17-35-73)118-102-49-31-26-44-90(102)95-67-81(54-59-105(95)118)116-98-45-27-22-40-86(98)87-41-23-28-46-99(87)116/h10-24,26-42,44-71H,25,43H2,1-9H3/i24D,25D,26D,29D,30D,31D,42D,43D,44D,47D,48D,49D. The molecule has 1 aliphatic carbocycles. The lowest BCUT2D eigenvalue weighted by molar-refractivity contribution is 0.590. The maximum Gasteiger partial charge on any atom is 0.252 e. The molecule has 2 aliphatic heterocycles. The Labute approximate surface area is 724 Å². The minimum absolute atomic E-state index is 0.0156. The molecule has 0 fully saturated rings. The lowest BCUT2D eigenvalue weighted by atomic mass is 9.33. The fraction of sp³-hybridized carbons (Fsp3) is 0.123. The number of rotatable bonds is 10. The van der Waals surface area contributed by atoms with Crippen LogP contribution >= 0.6 is 0 Å². The number of fused-ring (bicyclic) bond motifs is 16. The number of nitrogens with zero attached hydrogens (tertiary/aromatic N) is 6. The second kappa shape index (κ2) is 27.2.